The lowest BCUT2D eigenvalue weighted by molar-refractivity contribution is -0.159. The fourth-order valence-electron chi connectivity index (χ4n) is 3.91. The zero-order chi connectivity index (χ0) is 34.1. The second-order valence-corrected chi connectivity index (χ2v) is 10.8. The van der Waals surface area contributed by atoms with Crippen molar-refractivity contribution in [3.8, 4) is 0 Å². The highest BCUT2D eigenvalue weighted by atomic mass is 16.6. The lowest BCUT2D eigenvalue weighted by Gasteiger charge is -2.00. The number of esters is 2. The predicted molar refractivity (Wildman–Crippen MR) is 206 cm³/mol. The van der Waals surface area contributed by atoms with Crippen LogP contribution in [0.3, 0.4) is 0 Å². The van der Waals surface area contributed by atoms with Crippen molar-refractivity contribution < 1.29 is 14.3 Å². The monoisotopic (exact) mass is 638 g/mol. The van der Waals surface area contributed by atoms with Crippen LogP contribution in [0.4, 0.5) is 0 Å². The topological polar surface area (TPSA) is 43.4 Å². The van der Waals surface area contributed by atoms with Crippen LogP contribution in [0.15, 0.2) is 146 Å². The van der Waals surface area contributed by atoms with Crippen molar-refractivity contribution in [1.82, 2.24) is 0 Å². The van der Waals surface area contributed by atoms with Crippen molar-refractivity contribution in [2.75, 3.05) is 0 Å². The average Bonchev–Trinajstić information content (AvgIpc) is 3.06. The van der Waals surface area contributed by atoms with Crippen molar-refractivity contribution in [2.24, 2.45) is 0 Å². The summed E-state index contributed by atoms with van der Waals surface area (Å²) in [5.74, 6) is -0.922. The molecule has 0 heterocycles. The Bertz CT molecular complexity index is 1020. The van der Waals surface area contributed by atoms with E-state index in [4.69, 9.17) is 4.74 Å². The van der Waals surface area contributed by atoms with E-state index in [1.807, 2.05) is 24.3 Å². The first-order valence-electron chi connectivity index (χ1n) is 17.7. The minimum Gasteiger partial charge on any atom is -0.393 e. The van der Waals surface area contributed by atoms with E-state index in [0.717, 1.165) is 77.0 Å². The molecule has 0 unspecified atom stereocenters. The fourth-order valence-corrected chi connectivity index (χ4v) is 3.91. The molecule has 0 saturated heterocycles. The van der Waals surface area contributed by atoms with Crippen LogP contribution in [-0.2, 0) is 14.3 Å². The first kappa shape index (κ1) is 43.0. The number of hydrogen-bond acceptors (Lipinski definition) is 3. The van der Waals surface area contributed by atoms with Crippen LogP contribution >= 0.6 is 0 Å². The normalized spacial score (nSPS) is 13.4. The Balaban J connectivity index is 3.73. The first-order valence-corrected chi connectivity index (χ1v) is 17.7. The summed E-state index contributed by atoms with van der Waals surface area (Å²) in [6.45, 7) is 4.30. The van der Waals surface area contributed by atoms with Gasteiger partial charge in [-0.15, -0.1) is 0 Å². The molecule has 0 fully saturated rings. The SMILES string of the molecule is CC/C=C\C/C=C\C/C=C\C/C=C\C/C=C\C/C=C\CCC(=O)OC(=O)CC/C=C\C/C=C\C/C=C\C/C=C\C/C=C\C/C=C\CC. The number of rotatable bonds is 28. The van der Waals surface area contributed by atoms with Crippen LogP contribution in [0.5, 0.6) is 0 Å². The molecule has 0 aliphatic heterocycles. The van der Waals surface area contributed by atoms with E-state index in [9.17, 15) is 9.59 Å². The second-order valence-electron chi connectivity index (χ2n) is 10.8. The largest absolute Gasteiger partial charge is 0.393 e. The molecule has 0 spiro atoms. The highest BCUT2D eigenvalue weighted by Crippen LogP contribution is 2.02. The second kappa shape index (κ2) is 38.2. The van der Waals surface area contributed by atoms with E-state index >= 15 is 0 Å². The summed E-state index contributed by atoms with van der Waals surface area (Å²) in [6.07, 6.45) is 64.8. The summed E-state index contributed by atoms with van der Waals surface area (Å²) in [5.41, 5.74) is 0. The van der Waals surface area contributed by atoms with Crippen LogP contribution in [0.2, 0.25) is 0 Å². The van der Waals surface area contributed by atoms with Gasteiger partial charge in [0.2, 0.25) is 0 Å². The standard InChI is InChI=1S/C44H62O3/c1-3-5-7-9-11-13-15-17-19-21-23-25-27-29-31-33-35-37-39-41-43(45)47-44(46)42-40-38-36-34-32-30-28-26-24-22-20-18-16-14-12-10-8-6-4-2/h5-8,11-14,17-20,23-26,29-32,35-38H,3-4,9-10,15-16,21-22,27-28,33-34,39-42H2,1-2H3/b7-5-,8-6-,13-11-,14-12-,19-17-,20-18-,25-23-,26-24-,31-29-,32-30-,37-35-,38-36-. The number of carbonyl (C=O) groups is 2. The van der Waals surface area contributed by atoms with Gasteiger partial charge in [-0.2, -0.15) is 0 Å². The summed E-state index contributed by atoms with van der Waals surface area (Å²) in [5, 5.41) is 0. The summed E-state index contributed by atoms with van der Waals surface area (Å²) >= 11 is 0. The number of allylic oxidation sites excluding steroid dienone is 24. The van der Waals surface area contributed by atoms with Gasteiger partial charge in [-0.25, -0.2) is 0 Å². The zero-order valence-electron chi connectivity index (χ0n) is 29.4. The molecule has 256 valence electrons. The summed E-state index contributed by atoms with van der Waals surface area (Å²) in [7, 11) is 0. The van der Waals surface area contributed by atoms with Crippen LogP contribution in [0.1, 0.15) is 117 Å². The number of ether oxygens (including phenoxy) is 1. The first-order chi connectivity index (χ1) is 23.2. The number of hydrogen-bond donors (Lipinski definition) is 0. The highest BCUT2D eigenvalue weighted by molar-refractivity contribution is 5.85. The van der Waals surface area contributed by atoms with E-state index in [1.54, 1.807) is 0 Å². The van der Waals surface area contributed by atoms with Crippen molar-refractivity contribution in [3.05, 3.63) is 146 Å². The van der Waals surface area contributed by atoms with Gasteiger partial charge in [0, 0.05) is 12.8 Å². The van der Waals surface area contributed by atoms with Gasteiger partial charge in [0.15, 0.2) is 0 Å². The molecular formula is C44H62O3. The number of carbonyl (C=O) groups excluding carboxylic acids is 2. The quantitative estimate of drug-likeness (QED) is 0.0486. The Kier molecular flexibility index (Phi) is 35.0. The Hall–Kier alpha value is -3.98. The van der Waals surface area contributed by atoms with Gasteiger partial charge in [0.05, 0.1) is 0 Å². The molecule has 0 aromatic carbocycles. The molecule has 47 heavy (non-hydrogen) atoms. The molecule has 0 aliphatic carbocycles. The van der Waals surface area contributed by atoms with Crippen molar-refractivity contribution in [2.45, 2.75) is 117 Å². The molecule has 3 heteroatoms. The third-order valence-corrected chi connectivity index (χ3v) is 6.45. The van der Waals surface area contributed by atoms with E-state index in [-0.39, 0.29) is 12.8 Å². The van der Waals surface area contributed by atoms with Gasteiger partial charge in [-0.1, -0.05) is 160 Å². The Morgan fingerprint density at radius 1 is 0.319 bits per heavy atom. The molecule has 0 radical (unpaired) electrons. The molecule has 0 amide bonds. The minimum absolute atomic E-state index is 0.216. The molecule has 0 rings (SSSR count). The summed E-state index contributed by atoms with van der Waals surface area (Å²) in [4.78, 5) is 23.8. The van der Waals surface area contributed by atoms with E-state index in [0.29, 0.717) is 12.8 Å². The van der Waals surface area contributed by atoms with Gasteiger partial charge >= 0.3 is 11.9 Å². The van der Waals surface area contributed by atoms with Crippen LogP contribution in [-0.4, -0.2) is 11.9 Å². The Morgan fingerprint density at radius 3 is 0.723 bits per heavy atom. The predicted octanol–water partition coefficient (Wildman–Crippen LogP) is 13.0. The molecule has 0 saturated carbocycles. The highest BCUT2D eigenvalue weighted by Gasteiger charge is 2.08. The third kappa shape index (κ3) is 38.1. The van der Waals surface area contributed by atoms with Crippen molar-refractivity contribution >= 4 is 11.9 Å². The fraction of sp³-hybridized carbons (Fsp3) is 0.409. The molecule has 0 aromatic rings. The maximum Gasteiger partial charge on any atom is 0.313 e. The van der Waals surface area contributed by atoms with Crippen LogP contribution in [0, 0.1) is 0 Å². The van der Waals surface area contributed by atoms with Crippen molar-refractivity contribution in [3.63, 3.8) is 0 Å². The smallest absolute Gasteiger partial charge is 0.313 e. The molecular weight excluding hydrogens is 576 g/mol. The average molecular weight is 639 g/mol. The van der Waals surface area contributed by atoms with Crippen LogP contribution in [0.25, 0.3) is 0 Å². The molecule has 0 aliphatic rings. The van der Waals surface area contributed by atoms with E-state index in [2.05, 4.69) is 135 Å². The summed E-state index contributed by atoms with van der Waals surface area (Å²) < 4.78 is 4.91. The molecule has 0 atom stereocenters. The lowest BCUT2D eigenvalue weighted by atomic mass is 10.2. The van der Waals surface area contributed by atoms with Crippen LogP contribution < -0.4 is 0 Å². The van der Waals surface area contributed by atoms with Gasteiger partial charge in [0.1, 0.15) is 0 Å². The van der Waals surface area contributed by atoms with Gasteiger partial charge in [-0.3, -0.25) is 9.59 Å². The van der Waals surface area contributed by atoms with E-state index in [1.165, 1.54) is 0 Å². The maximum atomic E-state index is 11.9. The minimum atomic E-state index is -0.461. The summed E-state index contributed by atoms with van der Waals surface area (Å²) in [6, 6.07) is 0. The van der Waals surface area contributed by atoms with Gasteiger partial charge < -0.3 is 4.74 Å². The van der Waals surface area contributed by atoms with E-state index < -0.39 is 11.9 Å². The lowest BCUT2D eigenvalue weighted by Crippen LogP contribution is -2.11. The third-order valence-electron chi connectivity index (χ3n) is 6.45. The molecule has 3 nitrogen and oxygen atoms in total. The molecule has 0 N–H and O–H groups in total. The molecule has 0 aromatic heterocycles. The zero-order valence-corrected chi connectivity index (χ0v) is 29.4. The van der Waals surface area contributed by atoms with Gasteiger partial charge in [0.25, 0.3) is 0 Å². The van der Waals surface area contributed by atoms with Crippen molar-refractivity contribution in [1.29, 1.82) is 0 Å². The Morgan fingerprint density at radius 2 is 0.511 bits per heavy atom. The molecule has 0 bridgehead atoms. The maximum absolute atomic E-state index is 11.9. The Labute approximate surface area is 288 Å². The van der Waals surface area contributed by atoms with Gasteiger partial charge in [-0.05, 0) is 89.9 Å².